The number of thiophene rings is 1. The topological polar surface area (TPSA) is 55.4 Å². The Morgan fingerprint density at radius 2 is 1.71 bits per heavy atom. The van der Waals surface area contributed by atoms with E-state index in [4.69, 9.17) is 0 Å². The van der Waals surface area contributed by atoms with Crippen LogP contribution in [0, 0.1) is 13.8 Å². The molecule has 1 atom stereocenters. The number of nitrogens with one attached hydrogen (secondary N) is 1. The van der Waals surface area contributed by atoms with E-state index in [1.807, 2.05) is 26.0 Å². The van der Waals surface area contributed by atoms with E-state index in [0.29, 0.717) is 4.88 Å². The van der Waals surface area contributed by atoms with Crippen molar-refractivity contribution in [2.75, 3.05) is 13.7 Å². The number of carbonyl (C=O) groups excluding carboxylic acids is 2. The van der Waals surface area contributed by atoms with E-state index in [9.17, 15) is 22.8 Å². The van der Waals surface area contributed by atoms with E-state index < -0.39 is 11.7 Å². The Bertz CT molecular complexity index is 1230. The van der Waals surface area contributed by atoms with Crippen LogP contribution in [0.15, 0.2) is 53.4 Å². The maximum atomic E-state index is 13.0. The average Bonchev–Trinajstić information content (AvgIpc) is 3.36. The first-order valence-electron chi connectivity index (χ1n) is 12.4. The van der Waals surface area contributed by atoms with Crippen LogP contribution in [-0.4, -0.2) is 25.5 Å². The van der Waals surface area contributed by atoms with Crippen molar-refractivity contribution < 1.29 is 27.5 Å². The normalized spacial score (nSPS) is 12.3. The van der Waals surface area contributed by atoms with Gasteiger partial charge < -0.3 is 10.1 Å². The number of ether oxygens (including phenoxy) is 1. The molecule has 1 amide bonds. The lowest BCUT2D eigenvalue weighted by molar-refractivity contribution is -0.140. The number of hydrogen-bond acceptors (Lipinski definition) is 5. The van der Waals surface area contributed by atoms with Gasteiger partial charge in [-0.25, -0.2) is 0 Å². The molecule has 0 fully saturated rings. The van der Waals surface area contributed by atoms with Crippen molar-refractivity contribution >= 4 is 35.0 Å². The van der Waals surface area contributed by atoms with Crippen LogP contribution >= 0.6 is 23.1 Å². The van der Waals surface area contributed by atoms with E-state index in [-0.39, 0.29) is 30.1 Å². The molecule has 204 valence electrons. The number of amides is 1. The molecule has 1 N–H and O–H groups in total. The molecule has 4 nitrogen and oxygen atoms in total. The van der Waals surface area contributed by atoms with E-state index >= 15 is 0 Å². The molecular formula is C29H32F3NO3S2. The molecule has 3 aromatic rings. The van der Waals surface area contributed by atoms with E-state index in [2.05, 4.69) is 29.1 Å². The second-order valence-electron chi connectivity index (χ2n) is 9.04. The number of unbranched alkanes of at least 4 members (excludes halogenated alkanes) is 1. The number of halogens is 3. The fourth-order valence-electron chi connectivity index (χ4n) is 4.20. The van der Waals surface area contributed by atoms with Crippen LogP contribution < -0.4 is 5.32 Å². The first-order chi connectivity index (χ1) is 18.0. The number of aryl methyl sites for hydroxylation is 2. The third-order valence-corrected chi connectivity index (χ3v) is 8.74. The van der Waals surface area contributed by atoms with Crippen LogP contribution in [0.3, 0.4) is 0 Å². The summed E-state index contributed by atoms with van der Waals surface area (Å²) in [5, 5.41) is 2.92. The molecule has 0 aliphatic heterocycles. The molecule has 1 heterocycles. The number of carbonyl (C=O) groups is 2. The van der Waals surface area contributed by atoms with E-state index in [1.54, 1.807) is 11.8 Å². The molecule has 1 unspecified atom stereocenters. The zero-order chi connectivity index (χ0) is 27.9. The van der Waals surface area contributed by atoms with Gasteiger partial charge in [-0.1, -0.05) is 31.9 Å². The minimum Gasteiger partial charge on any atom is -0.469 e. The number of esters is 1. The van der Waals surface area contributed by atoms with Crippen LogP contribution in [0.1, 0.15) is 69.1 Å². The van der Waals surface area contributed by atoms with Crippen molar-refractivity contribution in [2.24, 2.45) is 0 Å². The molecule has 2 aromatic carbocycles. The lowest BCUT2D eigenvalue weighted by atomic mass is 9.95. The first kappa shape index (κ1) is 29.8. The molecular weight excluding hydrogens is 531 g/mol. The van der Waals surface area contributed by atoms with Crippen LogP contribution in [0.5, 0.6) is 0 Å². The molecule has 1 aromatic heterocycles. The standard InChI is InChI=1S/C29H32F3NO3S2/c1-5-6-7-23(24-12-13-25(38-24)28(35)33-15-14-26(34)36-4)37-22-16-18(2)27(19(3)17-22)20-8-10-21(11-9-20)29(30,31)32/h8-13,16-17,23H,5-7,14-15H2,1-4H3,(H,33,35). The van der Waals surface area contributed by atoms with E-state index in [1.165, 1.54) is 30.6 Å². The highest BCUT2D eigenvalue weighted by atomic mass is 32.2. The highest BCUT2D eigenvalue weighted by Crippen LogP contribution is 2.43. The molecule has 3 rings (SSSR count). The van der Waals surface area contributed by atoms with Crippen molar-refractivity contribution in [3.63, 3.8) is 0 Å². The molecule has 0 bridgehead atoms. The SMILES string of the molecule is CCCCC(Sc1cc(C)c(-c2ccc(C(F)(F)F)cc2)c(C)c1)c1ccc(C(=O)NCCC(=O)OC)s1. The lowest BCUT2D eigenvalue weighted by Crippen LogP contribution is -2.25. The molecule has 0 aliphatic rings. The first-order valence-corrected chi connectivity index (χ1v) is 14.1. The van der Waals surface area contributed by atoms with Crippen LogP contribution in [0.2, 0.25) is 0 Å². The summed E-state index contributed by atoms with van der Waals surface area (Å²) >= 11 is 3.19. The van der Waals surface area contributed by atoms with Crippen molar-refractivity contribution in [3.05, 3.63) is 75.0 Å². The van der Waals surface area contributed by atoms with E-state index in [0.717, 1.165) is 63.4 Å². The van der Waals surface area contributed by atoms with Gasteiger partial charge in [-0.2, -0.15) is 13.2 Å². The number of hydrogen-bond donors (Lipinski definition) is 1. The Hall–Kier alpha value is -2.78. The molecule has 0 radical (unpaired) electrons. The summed E-state index contributed by atoms with van der Waals surface area (Å²) in [6.07, 6.45) is -1.20. The number of benzene rings is 2. The maximum Gasteiger partial charge on any atom is 0.416 e. The van der Waals surface area contributed by atoms with Gasteiger partial charge in [0, 0.05) is 21.6 Å². The van der Waals surface area contributed by atoms with Gasteiger partial charge in [0.1, 0.15) is 0 Å². The largest absolute Gasteiger partial charge is 0.469 e. The van der Waals surface area contributed by atoms with Crippen LogP contribution in [0.4, 0.5) is 13.2 Å². The summed E-state index contributed by atoms with van der Waals surface area (Å²) in [4.78, 5) is 26.6. The van der Waals surface area contributed by atoms with Crippen LogP contribution in [-0.2, 0) is 15.7 Å². The van der Waals surface area contributed by atoms with Crippen molar-refractivity contribution in [1.29, 1.82) is 0 Å². The molecule has 0 spiro atoms. The second kappa shape index (κ2) is 13.3. The van der Waals surface area contributed by atoms with Gasteiger partial charge in [0.25, 0.3) is 5.91 Å². The summed E-state index contributed by atoms with van der Waals surface area (Å²) in [5.74, 6) is -0.583. The highest BCUT2D eigenvalue weighted by molar-refractivity contribution is 7.99. The highest BCUT2D eigenvalue weighted by Gasteiger charge is 2.30. The predicted octanol–water partition coefficient (Wildman–Crippen LogP) is 8.37. The minimum atomic E-state index is -4.36. The van der Waals surface area contributed by atoms with Gasteiger partial charge in [0.15, 0.2) is 0 Å². The van der Waals surface area contributed by atoms with Crippen molar-refractivity contribution in [2.45, 2.75) is 62.8 Å². The molecule has 38 heavy (non-hydrogen) atoms. The summed E-state index contributed by atoms with van der Waals surface area (Å²) in [7, 11) is 1.31. The fourth-order valence-corrected chi connectivity index (χ4v) is 6.73. The Morgan fingerprint density at radius 1 is 1.05 bits per heavy atom. The molecule has 0 aliphatic carbocycles. The van der Waals surface area contributed by atoms with Gasteiger partial charge in [-0.15, -0.1) is 23.1 Å². The van der Waals surface area contributed by atoms with Crippen molar-refractivity contribution in [1.82, 2.24) is 5.32 Å². The number of methoxy groups -OCH3 is 1. The Kier molecular flexibility index (Phi) is 10.4. The summed E-state index contributed by atoms with van der Waals surface area (Å²) in [6, 6.07) is 13.3. The number of rotatable bonds is 11. The number of thioether (sulfide) groups is 1. The third kappa shape index (κ3) is 7.86. The Morgan fingerprint density at radius 3 is 2.29 bits per heavy atom. The van der Waals surface area contributed by atoms with Crippen molar-refractivity contribution in [3.8, 4) is 11.1 Å². The number of alkyl halides is 3. The smallest absolute Gasteiger partial charge is 0.416 e. The third-order valence-electron chi connectivity index (χ3n) is 6.12. The molecule has 0 saturated heterocycles. The molecule has 9 heteroatoms. The second-order valence-corrected chi connectivity index (χ2v) is 11.4. The van der Waals surface area contributed by atoms with Gasteiger partial charge in [0.05, 0.1) is 24.0 Å². The lowest BCUT2D eigenvalue weighted by Gasteiger charge is -2.18. The minimum absolute atomic E-state index is 0.122. The summed E-state index contributed by atoms with van der Waals surface area (Å²) < 4.78 is 43.6. The maximum absolute atomic E-state index is 13.0. The van der Waals surface area contributed by atoms with Crippen LogP contribution in [0.25, 0.3) is 11.1 Å². The predicted molar refractivity (Wildman–Crippen MR) is 148 cm³/mol. The summed E-state index contributed by atoms with van der Waals surface area (Å²) in [5.41, 5.74) is 3.04. The quantitative estimate of drug-likeness (QED) is 0.188. The van der Waals surface area contributed by atoms with Gasteiger partial charge in [0.2, 0.25) is 0 Å². The average molecular weight is 564 g/mol. The van der Waals surface area contributed by atoms with Gasteiger partial charge in [-0.3, -0.25) is 9.59 Å². The molecule has 0 saturated carbocycles. The fraction of sp³-hybridized carbons (Fsp3) is 0.379. The van der Waals surface area contributed by atoms with Gasteiger partial charge >= 0.3 is 12.1 Å². The monoisotopic (exact) mass is 563 g/mol. The van der Waals surface area contributed by atoms with Gasteiger partial charge in [-0.05, 0) is 78.9 Å². The zero-order valence-electron chi connectivity index (χ0n) is 21.9. The Balaban J connectivity index is 1.78. The Labute approximate surface area is 230 Å². The zero-order valence-corrected chi connectivity index (χ0v) is 23.5. The summed E-state index contributed by atoms with van der Waals surface area (Å²) in [6.45, 7) is 6.32.